The Kier molecular flexibility index (Phi) is 3.37. The van der Waals surface area contributed by atoms with E-state index in [2.05, 4.69) is 22.3 Å². The second kappa shape index (κ2) is 5.21. The second-order valence-electron chi connectivity index (χ2n) is 6.26. The fourth-order valence-corrected chi connectivity index (χ4v) is 3.60. The average molecular weight is 293 g/mol. The van der Waals surface area contributed by atoms with Gasteiger partial charge in [-0.1, -0.05) is 17.7 Å². The molecular formula is C16H21ClN2O. The zero-order chi connectivity index (χ0) is 13.5. The Hall–Kier alpha value is -0.770. The highest BCUT2D eigenvalue weighted by atomic mass is 35.5. The largest absolute Gasteiger partial charge is 0.371 e. The van der Waals surface area contributed by atoms with Crippen LogP contribution in [0.2, 0.25) is 5.02 Å². The van der Waals surface area contributed by atoms with Crippen molar-refractivity contribution in [3.8, 4) is 0 Å². The first-order valence-electron chi connectivity index (χ1n) is 7.71. The molecule has 108 valence electrons. The number of rotatable bonds is 4. The zero-order valence-corrected chi connectivity index (χ0v) is 12.4. The van der Waals surface area contributed by atoms with E-state index in [1.807, 2.05) is 6.07 Å². The Bertz CT molecular complexity index is 491. The summed E-state index contributed by atoms with van der Waals surface area (Å²) in [6.45, 7) is 2.90. The fourth-order valence-electron chi connectivity index (χ4n) is 3.36. The molecule has 3 nitrogen and oxygen atoms in total. The molecule has 0 radical (unpaired) electrons. The summed E-state index contributed by atoms with van der Waals surface area (Å²) in [5.74, 6) is 0. The maximum absolute atomic E-state index is 6.44. The third-order valence-electron chi connectivity index (χ3n) is 4.62. The molecule has 2 aliphatic heterocycles. The molecule has 1 aliphatic carbocycles. The van der Waals surface area contributed by atoms with E-state index in [0.717, 1.165) is 24.7 Å². The molecule has 2 heterocycles. The van der Waals surface area contributed by atoms with Gasteiger partial charge in [0.2, 0.25) is 0 Å². The van der Waals surface area contributed by atoms with Crippen molar-refractivity contribution in [2.45, 2.75) is 50.5 Å². The molecule has 0 spiro atoms. The number of ether oxygens (including phenoxy) is 1. The molecule has 1 aromatic rings. The van der Waals surface area contributed by atoms with E-state index in [9.17, 15) is 0 Å². The molecule has 2 unspecified atom stereocenters. The number of halogens is 1. The normalized spacial score (nSPS) is 28.9. The molecule has 1 saturated carbocycles. The summed E-state index contributed by atoms with van der Waals surface area (Å²) in [5.41, 5.74) is 2.55. The smallest absolute Gasteiger partial charge is 0.0755 e. The topological polar surface area (TPSA) is 24.5 Å². The second-order valence-corrected chi connectivity index (χ2v) is 6.66. The van der Waals surface area contributed by atoms with Gasteiger partial charge < -0.3 is 15.0 Å². The summed E-state index contributed by atoms with van der Waals surface area (Å²) in [6, 6.07) is 6.99. The summed E-state index contributed by atoms with van der Waals surface area (Å²) < 4.78 is 5.94. The highest BCUT2D eigenvalue weighted by Gasteiger charge is 2.34. The number of fused-ring (bicyclic) bond motifs is 2. The molecule has 2 atom stereocenters. The van der Waals surface area contributed by atoms with Crippen molar-refractivity contribution in [3.63, 3.8) is 0 Å². The van der Waals surface area contributed by atoms with Gasteiger partial charge >= 0.3 is 0 Å². The van der Waals surface area contributed by atoms with Gasteiger partial charge in [0.05, 0.1) is 12.2 Å². The van der Waals surface area contributed by atoms with Crippen molar-refractivity contribution >= 4 is 17.3 Å². The van der Waals surface area contributed by atoms with E-state index < -0.39 is 0 Å². The van der Waals surface area contributed by atoms with Crippen LogP contribution in [0.15, 0.2) is 18.2 Å². The van der Waals surface area contributed by atoms with Crippen LogP contribution in [-0.2, 0) is 11.3 Å². The predicted molar refractivity (Wildman–Crippen MR) is 81.4 cm³/mol. The third kappa shape index (κ3) is 2.54. The Labute approximate surface area is 125 Å². The first kappa shape index (κ1) is 12.9. The number of hydrogen-bond acceptors (Lipinski definition) is 3. The van der Waals surface area contributed by atoms with Gasteiger partial charge in [0.25, 0.3) is 0 Å². The number of nitrogens with zero attached hydrogens (tertiary/aromatic N) is 1. The molecule has 4 heteroatoms. The van der Waals surface area contributed by atoms with Crippen LogP contribution in [-0.4, -0.2) is 31.3 Å². The van der Waals surface area contributed by atoms with E-state index >= 15 is 0 Å². The van der Waals surface area contributed by atoms with Crippen molar-refractivity contribution in [1.82, 2.24) is 5.32 Å². The van der Waals surface area contributed by atoms with Gasteiger partial charge in [0.15, 0.2) is 0 Å². The summed E-state index contributed by atoms with van der Waals surface area (Å²) in [6.07, 6.45) is 5.85. The van der Waals surface area contributed by atoms with Crippen LogP contribution in [0.4, 0.5) is 5.69 Å². The van der Waals surface area contributed by atoms with Gasteiger partial charge in [-0.2, -0.15) is 0 Å². The van der Waals surface area contributed by atoms with Crippen LogP contribution >= 0.6 is 11.6 Å². The van der Waals surface area contributed by atoms with Crippen LogP contribution in [0.25, 0.3) is 0 Å². The number of hydrogen-bond donors (Lipinski definition) is 1. The lowest BCUT2D eigenvalue weighted by Gasteiger charge is -2.35. The summed E-state index contributed by atoms with van der Waals surface area (Å²) >= 11 is 6.44. The van der Waals surface area contributed by atoms with Gasteiger partial charge in [-0.3, -0.25) is 0 Å². The van der Waals surface area contributed by atoms with Crippen LogP contribution in [0.3, 0.4) is 0 Å². The number of benzene rings is 1. The Morgan fingerprint density at radius 3 is 2.60 bits per heavy atom. The van der Waals surface area contributed by atoms with Gasteiger partial charge in [-0.05, 0) is 37.8 Å². The van der Waals surface area contributed by atoms with Crippen molar-refractivity contribution in [2.24, 2.45) is 0 Å². The number of morpholine rings is 1. The van der Waals surface area contributed by atoms with Crippen LogP contribution in [0.1, 0.15) is 31.2 Å². The van der Waals surface area contributed by atoms with Gasteiger partial charge in [-0.25, -0.2) is 0 Å². The molecule has 4 rings (SSSR count). The number of anilines is 1. The summed E-state index contributed by atoms with van der Waals surface area (Å²) in [5, 5.41) is 4.47. The maximum Gasteiger partial charge on any atom is 0.0755 e. The Morgan fingerprint density at radius 1 is 1.15 bits per heavy atom. The number of nitrogens with one attached hydrogen (secondary N) is 1. The van der Waals surface area contributed by atoms with E-state index in [4.69, 9.17) is 16.3 Å². The van der Waals surface area contributed by atoms with Crippen LogP contribution in [0, 0.1) is 0 Å². The van der Waals surface area contributed by atoms with Crippen molar-refractivity contribution < 1.29 is 4.74 Å². The molecule has 2 saturated heterocycles. The zero-order valence-electron chi connectivity index (χ0n) is 11.6. The van der Waals surface area contributed by atoms with E-state index in [-0.39, 0.29) is 0 Å². The minimum atomic E-state index is 0.414. The minimum absolute atomic E-state index is 0.414. The molecule has 20 heavy (non-hydrogen) atoms. The first-order valence-corrected chi connectivity index (χ1v) is 8.08. The molecule has 0 amide bonds. The molecule has 0 aromatic heterocycles. The predicted octanol–water partition coefficient (Wildman–Crippen LogP) is 2.96. The monoisotopic (exact) mass is 292 g/mol. The Balaban J connectivity index is 1.57. The lowest BCUT2D eigenvalue weighted by molar-refractivity contribution is 0.0304. The van der Waals surface area contributed by atoms with Crippen molar-refractivity contribution in [1.29, 1.82) is 0 Å². The highest BCUT2D eigenvalue weighted by molar-refractivity contribution is 6.31. The third-order valence-corrected chi connectivity index (χ3v) is 4.98. The van der Waals surface area contributed by atoms with E-state index in [1.54, 1.807) is 0 Å². The first-order chi connectivity index (χ1) is 9.79. The fraction of sp³-hybridized carbons (Fsp3) is 0.625. The quantitative estimate of drug-likeness (QED) is 0.923. The summed E-state index contributed by atoms with van der Waals surface area (Å²) in [7, 11) is 0. The van der Waals surface area contributed by atoms with Crippen LogP contribution in [0.5, 0.6) is 0 Å². The molecule has 3 fully saturated rings. The standard InChI is InChI=1S/C16H21ClN2O/c17-15-2-1-3-16(14(15)8-18-11-4-5-11)19-9-12-6-7-13(10-19)20-12/h1-3,11-13,18H,4-10H2. The van der Waals surface area contributed by atoms with Crippen LogP contribution < -0.4 is 10.2 Å². The van der Waals surface area contributed by atoms with Crippen molar-refractivity contribution in [3.05, 3.63) is 28.8 Å². The van der Waals surface area contributed by atoms with E-state index in [0.29, 0.717) is 18.2 Å². The lowest BCUT2D eigenvalue weighted by atomic mass is 10.1. The SMILES string of the molecule is Clc1cccc(N2CC3CCC(C2)O3)c1CNC1CC1. The van der Waals surface area contributed by atoms with Gasteiger partial charge in [-0.15, -0.1) is 0 Å². The highest BCUT2D eigenvalue weighted by Crippen LogP contribution is 2.34. The maximum atomic E-state index is 6.44. The lowest BCUT2D eigenvalue weighted by Crippen LogP contribution is -2.43. The summed E-state index contributed by atoms with van der Waals surface area (Å²) in [4.78, 5) is 2.47. The molecule has 1 aromatic carbocycles. The molecule has 3 aliphatic rings. The Morgan fingerprint density at radius 2 is 1.90 bits per heavy atom. The van der Waals surface area contributed by atoms with Crippen molar-refractivity contribution in [2.75, 3.05) is 18.0 Å². The van der Waals surface area contributed by atoms with Gasteiger partial charge in [0, 0.05) is 41.9 Å². The molecule has 2 bridgehead atoms. The average Bonchev–Trinajstić information content (AvgIpc) is 3.22. The van der Waals surface area contributed by atoms with Gasteiger partial charge in [0.1, 0.15) is 0 Å². The minimum Gasteiger partial charge on any atom is -0.371 e. The molecular weight excluding hydrogens is 272 g/mol. The molecule has 1 N–H and O–H groups in total. The van der Waals surface area contributed by atoms with E-state index in [1.165, 1.54) is 36.9 Å².